The van der Waals surface area contributed by atoms with Crippen LogP contribution in [-0.4, -0.2) is 65.4 Å². The number of carbonyl (C=O) groups is 2. The second kappa shape index (κ2) is 8.84. The largest absolute Gasteiger partial charge is 0.480 e. The number of nitrogens with one attached hydrogen (secondary N) is 2. The number of hydrogen-bond acceptors (Lipinski definition) is 4. The molecule has 0 aliphatic carbocycles. The summed E-state index contributed by atoms with van der Waals surface area (Å²) in [4.78, 5) is 23.1. The molecule has 2 atom stereocenters. The van der Waals surface area contributed by atoms with E-state index in [-0.39, 0.29) is 18.6 Å². The van der Waals surface area contributed by atoms with Crippen molar-refractivity contribution in [1.82, 2.24) is 15.5 Å². The first-order chi connectivity index (χ1) is 9.90. The van der Waals surface area contributed by atoms with E-state index >= 15 is 0 Å². The molecule has 0 aromatic carbocycles. The van der Waals surface area contributed by atoms with Crippen molar-refractivity contribution >= 4 is 12.1 Å². The fourth-order valence-corrected chi connectivity index (χ4v) is 2.76. The molecule has 1 aliphatic rings. The van der Waals surface area contributed by atoms with E-state index in [1.54, 1.807) is 0 Å². The van der Waals surface area contributed by atoms with Crippen LogP contribution < -0.4 is 10.6 Å². The van der Waals surface area contributed by atoms with Crippen LogP contribution in [0.4, 0.5) is 4.79 Å². The van der Waals surface area contributed by atoms with Gasteiger partial charge in [0, 0.05) is 31.7 Å². The van der Waals surface area contributed by atoms with Gasteiger partial charge >= 0.3 is 12.1 Å². The van der Waals surface area contributed by atoms with Crippen molar-refractivity contribution in [1.29, 1.82) is 0 Å². The van der Waals surface area contributed by atoms with E-state index in [9.17, 15) is 9.59 Å². The third-order valence-corrected chi connectivity index (χ3v) is 3.69. The fourth-order valence-electron chi connectivity index (χ4n) is 2.76. The van der Waals surface area contributed by atoms with Gasteiger partial charge in [0.05, 0.1) is 6.54 Å². The van der Waals surface area contributed by atoms with E-state index in [1.807, 2.05) is 0 Å². The topological polar surface area (TPSA) is 102 Å². The van der Waals surface area contributed by atoms with Gasteiger partial charge in [0.15, 0.2) is 0 Å². The van der Waals surface area contributed by atoms with Crippen molar-refractivity contribution in [2.45, 2.75) is 45.2 Å². The maximum atomic E-state index is 11.1. The number of rotatable bonds is 9. The molecule has 0 aromatic rings. The highest BCUT2D eigenvalue weighted by Gasteiger charge is 2.28. The molecule has 122 valence electrons. The van der Waals surface area contributed by atoms with Crippen molar-refractivity contribution in [3.05, 3.63) is 0 Å². The zero-order chi connectivity index (χ0) is 15.8. The molecular weight excluding hydrogens is 274 g/mol. The van der Waals surface area contributed by atoms with Gasteiger partial charge in [-0.05, 0) is 25.2 Å². The summed E-state index contributed by atoms with van der Waals surface area (Å²) in [6.45, 7) is 5.98. The van der Waals surface area contributed by atoms with Crippen LogP contribution in [0.3, 0.4) is 0 Å². The molecule has 1 heterocycles. The Bertz CT molecular complexity index is 349. The molecule has 1 amide bonds. The van der Waals surface area contributed by atoms with Gasteiger partial charge < -0.3 is 25.7 Å². The molecule has 0 bridgehead atoms. The molecular formula is C14H27N3O4. The van der Waals surface area contributed by atoms with Gasteiger partial charge in [-0.2, -0.15) is 0 Å². The smallest absolute Gasteiger partial charge is 0.407 e. The van der Waals surface area contributed by atoms with E-state index in [1.165, 1.54) is 4.90 Å². The summed E-state index contributed by atoms with van der Waals surface area (Å²) in [5, 5.41) is 24.1. The molecule has 0 radical (unpaired) electrons. The summed E-state index contributed by atoms with van der Waals surface area (Å²) in [6.07, 6.45) is 1.86. The van der Waals surface area contributed by atoms with Crippen LogP contribution in [-0.2, 0) is 4.79 Å². The Morgan fingerprint density at radius 3 is 2.62 bits per heavy atom. The lowest BCUT2D eigenvalue weighted by molar-refractivity contribution is -0.135. The molecule has 4 N–H and O–H groups in total. The van der Waals surface area contributed by atoms with Crippen LogP contribution in [0.25, 0.3) is 0 Å². The molecule has 0 saturated carbocycles. The van der Waals surface area contributed by atoms with Gasteiger partial charge in [-0.25, -0.2) is 4.79 Å². The van der Waals surface area contributed by atoms with Crippen molar-refractivity contribution < 1.29 is 19.8 Å². The minimum absolute atomic E-state index is 0.0247. The summed E-state index contributed by atoms with van der Waals surface area (Å²) >= 11 is 0. The lowest BCUT2D eigenvalue weighted by Gasteiger charge is -2.26. The highest BCUT2D eigenvalue weighted by Crippen LogP contribution is 2.17. The molecule has 1 saturated heterocycles. The predicted molar refractivity (Wildman–Crippen MR) is 79.5 cm³/mol. The van der Waals surface area contributed by atoms with Crippen molar-refractivity contribution in [2.24, 2.45) is 5.92 Å². The van der Waals surface area contributed by atoms with Gasteiger partial charge in [0.1, 0.15) is 0 Å². The molecule has 7 heteroatoms. The Morgan fingerprint density at radius 2 is 2.05 bits per heavy atom. The monoisotopic (exact) mass is 301 g/mol. The number of carboxylic acids is 1. The zero-order valence-corrected chi connectivity index (χ0v) is 12.8. The Labute approximate surface area is 125 Å². The highest BCUT2D eigenvalue weighted by atomic mass is 16.4. The Morgan fingerprint density at radius 1 is 1.33 bits per heavy atom. The molecule has 0 spiro atoms. The summed E-state index contributed by atoms with van der Waals surface area (Å²) in [7, 11) is 0. The quantitative estimate of drug-likeness (QED) is 0.502. The van der Waals surface area contributed by atoms with E-state index < -0.39 is 12.1 Å². The number of aliphatic carboxylic acids is 1. The summed E-state index contributed by atoms with van der Waals surface area (Å²) in [5.74, 6) is -0.376. The number of carboxylic acid groups (broad SMARTS) is 2. The van der Waals surface area contributed by atoms with Crippen molar-refractivity contribution in [3.63, 3.8) is 0 Å². The third-order valence-electron chi connectivity index (χ3n) is 3.69. The van der Waals surface area contributed by atoms with Gasteiger partial charge in [-0.3, -0.25) is 4.79 Å². The Kier molecular flexibility index (Phi) is 7.45. The zero-order valence-electron chi connectivity index (χ0n) is 12.8. The molecule has 2 unspecified atom stereocenters. The van der Waals surface area contributed by atoms with Crippen LogP contribution in [0.2, 0.25) is 0 Å². The number of hydrogen-bond donors (Lipinski definition) is 4. The minimum atomic E-state index is -0.869. The first-order valence-corrected chi connectivity index (χ1v) is 7.55. The summed E-state index contributed by atoms with van der Waals surface area (Å²) in [6, 6.07) is 0.178. The Hall–Kier alpha value is -1.34. The highest BCUT2D eigenvalue weighted by molar-refractivity contribution is 5.69. The van der Waals surface area contributed by atoms with Gasteiger partial charge in [-0.1, -0.05) is 13.8 Å². The van der Waals surface area contributed by atoms with Crippen LogP contribution in [0.15, 0.2) is 0 Å². The van der Waals surface area contributed by atoms with E-state index in [4.69, 9.17) is 10.2 Å². The van der Waals surface area contributed by atoms with Gasteiger partial charge in [-0.15, -0.1) is 0 Å². The Balaban J connectivity index is 2.40. The standard InChI is InChI=1S/C14H27N3O4/c1-10(2)6-11(7-15-9-13(18)19)16-8-12-4-3-5-17(12)14(20)21/h10-12,15-16H,3-9H2,1-2H3,(H,18,19)(H,20,21). The molecule has 1 rings (SSSR count). The average molecular weight is 301 g/mol. The maximum Gasteiger partial charge on any atom is 0.407 e. The number of nitrogens with zero attached hydrogens (tertiary/aromatic N) is 1. The van der Waals surface area contributed by atoms with Crippen LogP contribution in [0, 0.1) is 5.92 Å². The first kappa shape index (κ1) is 17.7. The van der Waals surface area contributed by atoms with E-state index in [0.717, 1.165) is 19.3 Å². The average Bonchev–Trinajstić information content (AvgIpc) is 2.83. The van der Waals surface area contributed by atoms with Gasteiger partial charge in [0.2, 0.25) is 0 Å². The second-order valence-corrected chi connectivity index (χ2v) is 6.03. The fraction of sp³-hybridized carbons (Fsp3) is 0.857. The number of amides is 1. The molecule has 0 aromatic heterocycles. The summed E-state index contributed by atoms with van der Waals surface area (Å²) in [5.41, 5.74) is 0. The third kappa shape index (κ3) is 6.77. The first-order valence-electron chi connectivity index (χ1n) is 7.55. The normalized spacial score (nSPS) is 20.0. The maximum absolute atomic E-state index is 11.1. The van der Waals surface area contributed by atoms with Crippen molar-refractivity contribution in [2.75, 3.05) is 26.2 Å². The molecule has 1 aliphatic heterocycles. The second-order valence-electron chi connectivity index (χ2n) is 6.03. The SMILES string of the molecule is CC(C)CC(CNCC(=O)O)NCC1CCCN1C(=O)O. The number of likely N-dealkylation sites (tertiary alicyclic amines) is 1. The summed E-state index contributed by atoms with van der Waals surface area (Å²) < 4.78 is 0. The van der Waals surface area contributed by atoms with Crippen LogP contribution in [0.1, 0.15) is 33.1 Å². The molecule has 21 heavy (non-hydrogen) atoms. The van der Waals surface area contributed by atoms with E-state index in [2.05, 4.69) is 24.5 Å². The molecule has 7 nitrogen and oxygen atoms in total. The lowest BCUT2D eigenvalue weighted by Crippen LogP contribution is -2.47. The minimum Gasteiger partial charge on any atom is -0.480 e. The van der Waals surface area contributed by atoms with Crippen LogP contribution >= 0.6 is 0 Å². The van der Waals surface area contributed by atoms with Crippen LogP contribution in [0.5, 0.6) is 0 Å². The van der Waals surface area contributed by atoms with Gasteiger partial charge in [0.25, 0.3) is 0 Å². The molecule has 1 fully saturated rings. The van der Waals surface area contributed by atoms with Crippen molar-refractivity contribution in [3.8, 4) is 0 Å². The van der Waals surface area contributed by atoms with E-state index in [0.29, 0.717) is 25.6 Å². The lowest BCUT2D eigenvalue weighted by atomic mass is 10.0. The predicted octanol–water partition coefficient (Wildman–Crippen LogP) is 0.807.